The predicted octanol–water partition coefficient (Wildman–Crippen LogP) is 3.38. The van der Waals surface area contributed by atoms with Gasteiger partial charge >= 0.3 is 0 Å². The van der Waals surface area contributed by atoms with Gasteiger partial charge in [-0.3, -0.25) is 9.59 Å². The van der Waals surface area contributed by atoms with E-state index in [0.29, 0.717) is 17.2 Å². The lowest BCUT2D eigenvalue weighted by Crippen LogP contribution is -2.17. The zero-order valence-electron chi connectivity index (χ0n) is 12.5. The molecule has 0 aromatic heterocycles. The summed E-state index contributed by atoms with van der Waals surface area (Å²) in [5, 5.41) is 13.9. The van der Waals surface area contributed by atoms with Gasteiger partial charge in [0.1, 0.15) is 5.75 Å². The molecule has 1 amide bonds. The van der Waals surface area contributed by atoms with Crippen LogP contribution >= 0.6 is 0 Å². The van der Waals surface area contributed by atoms with Crippen LogP contribution in [0.2, 0.25) is 0 Å². The minimum atomic E-state index is -0.138. The fourth-order valence-corrected chi connectivity index (χ4v) is 2.63. The van der Waals surface area contributed by atoms with Crippen molar-refractivity contribution in [3.8, 4) is 16.9 Å². The fourth-order valence-electron chi connectivity index (χ4n) is 2.63. The third-order valence-corrected chi connectivity index (χ3v) is 3.84. The van der Waals surface area contributed by atoms with E-state index in [1.54, 1.807) is 25.2 Å². The van der Waals surface area contributed by atoms with Crippen molar-refractivity contribution in [1.29, 1.82) is 0 Å². The molecule has 0 radical (unpaired) electrons. The quantitative estimate of drug-likeness (QED) is 0.729. The van der Waals surface area contributed by atoms with E-state index in [1.165, 1.54) is 6.07 Å². The molecule has 3 aromatic carbocycles. The van der Waals surface area contributed by atoms with E-state index in [4.69, 9.17) is 0 Å². The summed E-state index contributed by atoms with van der Waals surface area (Å²) in [7, 11) is 1.60. The van der Waals surface area contributed by atoms with Crippen LogP contribution in [0.15, 0.2) is 54.6 Å². The first-order valence-electron chi connectivity index (χ1n) is 7.17. The summed E-state index contributed by atoms with van der Waals surface area (Å²) in [5.74, 6) is -0.164. The number of hydrogen-bond acceptors (Lipinski definition) is 3. The summed E-state index contributed by atoms with van der Waals surface area (Å²) in [6.07, 6.45) is 0.656. The number of carbonyl (C=O) groups excluding carboxylic acids is 2. The highest BCUT2D eigenvalue weighted by Gasteiger charge is 2.09. The number of nitrogens with one attached hydrogen (secondary N) is 1. The van der Waals surface area contributed by atoms with E-state index in [2.05, 4.69) is 5.32 Å². The number of aromatic hydroxyl groups is 1. The van der Waals surface area contributed by atoms with Crippen LogP contribution in [0.5, 0.6) is 5.75 Å². The SMILES string of the molecule is CNC(=O)c1cccc(-c2ccc3c(C=O)c(O)ccc3c2)c1. The van der Waals surface area contributed by atoms with Gasteiger partial charge < -0.3 is 10.4 Å². The molecule has 0 spiro atoms. The Morgan fingerprint density at radius 2 is 1.83 bits per heavy atom. The predicted molar refractivity (Wildman–Crippen MR) is 89.8 cm³/mol. The molecule has 114 valence electrons. The number of phenols is 1. The maximum Gasteiger partial charge on any atom is 0.251 e. The first-order valence-corrected chi connectivity index (χ1v) is 7.17. The molecule has 0 saturated carbocycles. The first-order chi connectivity index (χ1) is 11.1. The Balaban J connectivity index is 2.13. The van der Waals surface area contributed by atoms with Crippen molar-refractivity contribution in [1.82, 2.24) is 5.32 Å². The lowest BCUT2D eigenvalue weighted by molar-refractivity contribution is 0.0962. The van der Waals surface area contributed by atoms with Gasteiger partial charge in [0.15, 0.2) is 6.29 Å². The first kappa shape index (κ1) is 14.8. The van der Waals surface area contributed by atoms with Gasteiger partial charge in [-0.1, -0.05) is 30.3 Å². The lowest BCUT2D eigenvalue weighted by atomic mass is 9.97. The molecule has 0 atom stereocenters. The number of rotatable bonds is 3. The van der Waals surface area contributed by atoms with Crippen LogP contribution in [0.4, 0.5) is 0 Å². The fraction of sp³-hybridized carbons (Fsp3) is 0.0526. The molecule has 0 saturated heterocycles. The molecular formula is C19H15NO3. The lowest BCUT2D eigenvalue weighted by Gasteiger charge is -2.08. The Morgan fingerprint density at radius 1 is 1.04 bits per heavy atom. The van der Waals surface area contributed by atoms with Gasteiger partial charge in [-0.05, 0) is 46.2 Å². The molecule has 0 aliphatic rings. The van der Waals surface area contributed by atoms with Crippen molar-refractivity contribution in [3.05, 3.63) is 65.7 Å². The second-order valence-corrected chi connectivity index (χ2v) is 5.21. The molecule has 2 N–H and O–H groups in total. The van der Waals surface area contributed by atoms with Gasteiger partial charge in [0.2, 0.25) is 0 Å². The second kappa shape index (κ2) is 5.93. The van der Waals surface area contributed by atoms with E-state index in [0.717, 1.165) is 16.5 Å². The van der Waals surface area contributed by atoms with Gasteiger partial charge in [-0.2, -0.15) is 0 Å². The van der Waals surface area contributed by atoms with E-state index >= 15 is 0 Å². The summed E-state index contributed by atoms with van der Waals surface area (Å²) in [6.45, 7) is 0. The van der Waals surface area contributed by atoms with Crippen LogP contribution in [-0.4, -0.2) is 24.3 Å². The average Bonchev–Trinajstić information content (AvgIpc) is 2.60. The molecule has 4 nitrogen and oxygen atoms in total. The van der Waals surface area contributed by atoms with Crippen molar-refractivity contribution in [2.24, 2.45) is 0 Å². The van der Waals surface area contributed by atoms with Crippen LogP contribution < -0.4 is 5.32 Å². The summed E-state index contributed by atoms with van der Waals surface area (Å²) in [6, 6.07) is 16.2. The largest absolute Gasteiger partial charge is 0.507 e. The average molecular weight is 305 g/mol. The molecule has 23 heavy (non-hydrogen) atoms. The van der Waals surface area contributed by atoms with Crippen LogP contribution in [0.3, 0.4) is 0 Å². The van der Waals surface area contributed by atoms with E-state index in [-0.39, 0.29) is 17.2 Å². The zero-order chi connectivity index (χ0) is 16.4. The molecule has 4 heteroatoms. The van der Waals surface area contributed by atoms with Crippen molar-refractivity contribution in [2.75, 3.05) is 7.05 Å². The number of phenolic OH excluding ortho intramolecular Hbond substituents is 1. The van der Waals surface area contributed by atoms with Gasteiger partial charge in [0.25, 0.3) is 5.91 Å². The van der Waals surface area contributed by atoms with Crippen LogP contribution in [-0.2, 0) is 0 Å². The summed E-state index contributed by atoms with van der Waals surface area (Å²) in [5.41, 5.74) is 2.72. The Labute approximate surface area is 133 Å². The van der Waals surface area contributed by atoms with Crippen molar-refractivity contribution < 1.29 is 14.7 Å². The molecule has 0 unspecified atom stereocenters. The highest BCUT2D eigenvalue weighted by molar-refractivity contribution is 6.02. The maximum atomic E-state index is 11.8. The Hall–Kier alpha value is -3.14. The Morgan fingerprint density at radius 3 is 2.57 bits per heavy atom. The molecular weight excluding hydrogens is 290 g/mol. The smallest absolute Gasteiger partial charge is 0.251 e. The van der Waals surface area contributed by atoms with Gasteiger partial charge in [0, 0.05) is 12.6 Å². The molecule has 0 bridgehead atoms. The number of benzene rings is 3. The third-order valence-electron chi connectivity index (χ3n) is 3.84. The second-order valence-electron chi connectivity index (χ2n) is 5.21. The van der Waals surface area contributed by atoms with Crippen molar-refractivity contribution in [3.63, 3.8) is 0 Å². The van der Waals surface area contributed by atoms with Gasteiger partial charge in [0.05, 0.1) is 5.56 Å². The van der Waals surface area contributed by atoms with E-state index in [1.807, 2.05) is 30.3 Å². The van der Waals surface area contributed by atoms with Crippen molar-refractivity contribution >= 4 is 23.0 Å². The summed E-state index contributed by atoms with van der Waals surface area (Å²) in [4.78, 5) is 22.9. The monoisotopic (exact) mass is 305 g/mol. The highest BCUT2D eigenvalue weighted by Crippen LogP contribution is 2.30. The maximum absolute atomic E-state index is 11.8. The van der Waals surface area contributed by atoms with E-state index < -0.39 is 0 Å². The third kappa shape index (κ3) is 2.66. The normalized spacial score (nSPS) is 10.5. The minimum Gasteiger partial charge on any atom is -0.507 e. The molecule has 3 aromatic rings. The number of aldehydes is 1. The molecule has 0 heterocycles. The number of amides is 1. The standard InChI is InChI=1S/C19H15NO3/c1-20-19(23)15-4-2-3-12(10-15)13-5-7-16-14(9-13)6-8-18(22)17(16)11-21/h2-11,22H,1H3,(H,20,23). The number of carbonyl (C=O) groups is 2. The number of fused-ring (bicyclic) bond motifs is 1. The molecule has 3 rings (SSSR count). The molecule has 0 fully saturated rings. The van der Waals surface area contributed by atoms with Crippen molar-refractivity contribution in [2.45, 2.75) is 0 Å². The van der Waals surface area contributed by atoms with Gasteiger partial charge in [-0.25, -0.2) is 0 Å². The Bertz CT molecular complexity index is 916. The highest BCUT2D eigenvalue weighted by atomic mass is 16.3. The topological polar surface area (TPSA) is 66.4 Å². The van der Waals surface area contributed by atoms with Crippen LogP contribution in [0.25, 0.3) is 21.9 Å². The van der Waals surface area contributed by atoms with Crippen LogP contribution in [0, 0.1) is 0 Å². The van der Waals surface area contributed by atoms with Gasteiger partial charge in [-0.15, -0.1) is 0 Å². The number of hydrogen-bond donors (Lipinski definition) is 2. The van der Waals surface area contributed by atoms with E-state index in [9.17, 15) is 14.7 Å². The van der Waals surface area contributed by atoms with Crippen LogP contribution in [0.1, 0.15) is 20.7 Å². The summed E-state index contributed by atoms with van der Waals surface area (Å²) >= 11 is 0. The zero-order valence-corrected chi connectivity index (χ0v) is 12.5. The summed E-state index contributed by atoms with van der Waals surface area (Å²) < 4.78 is 0. The Kier molecular flexibility index (Phi) is 3.81. The molecule has 0 aliphatic carbocycles. The minimum absolute atomic E-state index is 0.0261. The molecule has 0 aliphatic heterocycles.